The van der Waals surface area contributed by atoms with Gasteiger partial charge in [0.1, 0.15) is 0 Å². The highest BCUT2D eigenvalue weighted by Gasteiger charge is 2.43. The maximum absolute atomic E-state index is 5.12. The zero-order valence-electron chi connectivity index (χ0n) is 32.4. The van der Waals surface area contributed by atoms with Crippen molar-refractivity contribution in [1.29, 1.82) is 0 Å². The van der Waals surface area contributed by atoms with Gasteiger partial charge in [0.2, 0.25) is 0 Å². The lowest BCUT2D eigenvalue weighted by Gasteiger charge is -2.36. The molecule has 276 valence electrons. The summed E-state index contributed by atoms with van der Waals surface area (Å²) in [6.45, 7) is 0. The third kappa shape index (κ3) is 5.87. The van der Waals surface area contributed by atoms with Crippen molar-refractivity contribution in [2.75, 3.05) is 0 Å². The highest BCUT2D eigenvalue weighted by atomic mass is 14.9. The molecule has 0 atom stereocenters. The zero-order valence-corrected chi connectivity index (χ0v) is 32.4. The summed E-state index contributed by atoms with van der Waals surface area (Å²) in [6, 6.07) is 70.5. The topological polar surface area (TPSA) is 25.8 Å². The van der Waals surface area contributed by atoms with Gasteiger partial charge in [0.25, 0.3) is 0 Å². The number of benzene rings is 8. The quantitative estimate of drug-likeness (QED) is 0.170. The summed E-state index contributed by atoms with van der Waals surface area (Å²) in [6.07, 6.45) is 6.41. The molecule has 0 aliphatic heterocycles. The van der Waals surface area contributed by atoms with Gasteiger partial charge in [-0.25, -0.2) is 9.97 Å². The summed E-state index contributed by atoms with van der Waals surface area (Å²) in [4.78, 5) is 10.2. The van der Waals surface area contributed by atoms with Crippen LogP contribution in [-0.4, -0.2) is 9.97 Å². The largest absolute Gasteiger partial charge is 0.228 e. The highest BCUT2D eigenvalue weighted by molar-refractivity contribution is 6.05. The number of aromatic nitrogens is 2. The van der Waals surface area contributed by atoms with E-state index in [1.165, 1.54) is 98.5 Å². The van der Waals surface area contributed by atoms with Crippen molar-refractivity contribution in [1.82, 2.24) is 9.97 Å². The molecule has 1 aromatic heterocycles. The van der Waals surface area contributed by atoms with E-state index in [-0.39, 0.29) is 5.41 Å². The molecule has 0 bridgehead atoms. The van der Waals surface area contributed by atoms with Gasteiger partial charge in [-0.15, -0.1) is 0 Å². The van der Waals surface area contributed by atoms with Gasteiger partial charge in [0.15, 0.2) is 5.82 Å². The van der Waals surface area contributed by atoms with E-state index in [0.29, 0.717) is 0 Å². The van der Waals surface area contributed by atoms with Crippen molar-refractivity contribution in [3.63, 3.8) is 0 Å². The van der Waals surface area contributed by atoms with E-state index in [1.54, 1.807) is 0 Å². The van der Waals surface area contributed by atoms with Crippen LogP contribution in [-0.2, 0) is 5.41 Å². The van der Waals surface area contributed by atoms with E-state index in [4.69, 9.17) is 9.97 Å². The average molecular weight is 743 g/mol. The maximum Gasteiger partial charge on any atom is 0.160 e. The first-order valence-electron chi connectivity index (χ1n) is 20.7. The molecule has 2 nitrogen and oxygen atoms in total. The van der Waals surface area contributed by atoms with Gasteiger partial charge in [-0.3, -0.25) is 0 Å². The molecule has 2 aliphatic rings. The van der Waals surface area contributed by atoms with Crippen molar-refractivity contribution in [3.8, 4) is 78.4 Å². The lowest BCUT2D eigenvalue weighted by Crippen LogP contribution is -2.28. The molecule has 0 radical (unpaired) electrons. The summed E-state index contributed by atoms with van der Waals surface area (Å²) in [5.74, 6) is 0.718. The standard InChI is InChI=1S/C56H42N2/c1-4-14-38(15-5-1)39-22-26-41(27-23-39)53-37-54(58-55(57-53)43-16-6-2-7-17-43)42-28-24-40(25-29-42)45-32-33-46(48-19-9-8-18-47(45)48)44-30-31-50-49-20-10-11-21-51(49)56(52(50)36-44)34-12-3-13-35-56/h1-2,4-11,14-33,36-37H,3,12-13,34-35H2. The van der Waals surface area contributed by atoms with Gasteiger partial charge in [-0.2, -0.15) is 0 Å². The van der Waals surface area contributed by atoms with E-state index >= 15 is 0 Å². The molecule has 0 saturated heterocycles. The Morgan fingerprint density at radius 2 is 0.776 bits per heavy atom. The predicted molar refractivity (Wildman–Crippen MR) is 241 cm³/mol. The second-order valence-electron chi connectivity index (χ2n) is 16.0. The van der Waals surface area contributed by atoms with Crippen molar-refractivity contribution in [2.24, 2.45) is 0 Å². The van der Waals surface area contributed by atoms with Crippen LogP contribution in [0.25, 0.3) is 89.2 Å². The predicted octanol–water partition coefficient (Wildman–Crippen LogP) is 14.9. The second-order valence-corrected chi connectivity index (χ2v) is 16.0. The molecular weight excluding hydrogens is 701 g/mol. The molecule has 2 aliphatic carbocycles. The zero-order chi connectivity index (χ0) is 38.5. The number of fused-ring (bicyclic) bond motifs is 6. The molecule has 58 heavy (non-hydrogen) atoms. The Hall–Kier alpha value is -6.90. The average Bonchev–Trinajstić information content (AvgIpc) is 3.57. The van der Waals surface area contributed by atoms with Gasteiger partial charge in [-0.05, 0) is 91.4 Å². The van der Waals surface area contributed by atoms with Crippen molar-refractivity contribution in [3.05, 3.63) is 205 Å². The molecule has 0 amide bonds. The molecule has 9 aromatic rings. The molecule has 2 heteroatoms. The number of hydrogen-bond donors (Lipinski definition) is 0. The monoisotopic (exact) mass is 742 g/mol. The third-order valence-electron chi connectivity index (χ3n) is 12.7. The highest BCUT2D eigenvalue weighted by Crippen LogP contribution is 2.56. The summed E-state index contributed by atoms with van der Waals surface area (Å²) in [5, 5.41) is 2.54. The lowest BCUT2D eigenvalue weighted by molar-refractivity contribution is 0.353. The Balaban J connectivity index is 0.955. The van der Waals surface area contributed by atoms with Crippen LogP contribution >= 0.6 is 0 Å². The second kappa shape index (κ2) is 14.2. The fourth-order valence-electron chi connectivity index (χ4n) is 9.86. The van der Waals surface area contributed by atoms with Gasteiger partial charge >= 0.3 is 0 Å². The molecule has 8 aromatic carbocycles. The van der Waals surface area contributed by atoms with Crippen molar-refractivity contribution < 1.29 is 0 Å². The van der Waals surface area contributed by atoms with Crippen LogP contribution < -0.4 is 0 Å². The Morgan fingerprint density at radius 3 is 1.43 bits per heavy atom. The van der Waals surface area contributed by atoms with Crippen LogP contribution in [0.4, 0.5) is 0 Å². The minimum absolute atomic E-state index is 0.136. The van der Waals surface area contributed by atoms with Crippen LogP contribution in [0.1, 0.15) is 43.2 Å². The van der Waals surface area contributed by atoms with Crippen LogP contribution in [0, 0.1) is 0 Å². The van der Waals surface area contributed by atoms with Crippen LogP contribution in [0.15, 0.2) is 194 Å². The summed E-state index contributed by atoms with van der Waals surface area (Å²) in [5.41, 5.74) is 18.4. The molecular formula is C56H42N2. The molecule has 11 rings (SSSR count). The molecule has 0 N–H and O–H groups in total. The Labute approximate surface area is 340 Å². The van der Waals surface area contributed by atoms with E-state index < -0.39 is 0 Å². The molecule has 1 fully saturated rings. The lowest BCUT2D eigenvalue weighted by atomic mass is 9.67. The third-order valence-corrected chi connectivity index (χ3v) is 12.7. The van der Waals surface area contributed by atoms with Gasteiger partial charge in [0, 0.05) is 22.1 Å². The van der Waals surface area contributed by atoms with Gasteiger partial charge < -0.3 is 0 Å². The summed E-state index contributed by atoms with van der Waals surface area (Å²) < 4.78 is 0. The van der Waals surface area contributed by atoms with Crippen LogP contribution in [0.3, 0.4) is 0 Å². The van der Waals surface area contributed by atoms with E-state index in [1.807, 2.05) is 18.2 Å². The number of nitrogens with zero attached hydrogens (tertiary/aromatic N) is 2. The maximum atomic E-state index is 5.12. The molecule has 0 unspecified atom stereocenters. The normalized spacial score (nSPS) is 14.0. The van der Waals surface area contributed by atoms with E-state index in [2.05, 4.69) is 176 Å². The first-order valence-corrected chi connectivity index (χ1v) is 20.7. The van der Waals surface area contributed by atoms with E-state index in [0.717, 1.165) is 33.9 Å². The minimum atomic E-state index is 0.136. The fraction of sp³-hybridized carbons (Fsp3) is 0.107. The number of hydrogen-bond acceptors (Lipinski definition) is 2. The van der Waals surface area contributed by atoms with Gasteiger partial charge in [-0.1, -0.05) is 201 Å². The van der Waals surface area contributed by atoms with Gasteiger partial charge in [0.05, 0.1) is 11.4 Å². The minimum Gasteiger partial charge on any atom is -0.228 e. The smallest absolute Gasteiger partial charge is 0.160 e. The number of rotatable bonds is 6. The van der Waals surface area contributed by atoms with E-state index in [9.17, 15) is 0 Å². The molecule has 1 spiro atoms. The summed E-state index contributed by atoms with van der Waals surface area (Å²) >= 11 is 0. The first kappa shape index (κ1) is 34.4. The first-order chi connectivity index (χ1) is 28.7. The van der Waals surface area contributed by atoms with Crippen molar-refractivity contribution in [2.45, 2.75) is 37.5 Å². The SMILES string of the molecule is c1ccc(-c2ccc(-c3cc(-c4ccc(-c5ccc(-c6ccc7c(c6)C6(CCCCC6)c6ccccc6-7)c6ccccc56)cc4)nc(-c4ccccc4)n3)cc2)cc1. The van der Waals surface area contributed by atoms with Crippen LogP contribution in [0.5, 0.6) is 0 Å². The Kier molecular flexibility index (Phi) is 8.43. The van der Waals surface area contributed by atoms with Crippen LogP contribution in [0.2, 0.25) is 0 Å². The molecule has 1 saturated carbocycles. The summed E-state index contributed by atoms with van der Waals surface area (Å²) in [7, 11) is 0. The fourth-order valence-corrected chi connectivity index (χ4v) is 9.86. The molecule has 1 heterocycles. The van der Waals surface area contributed by atoms with Crippen molar-refractivity contribution >= 4 is 10.8 Å². The Morgan fingerprint density at radius 1 is 0.310 bits per heavy atom. The Bertz CT molecular complexity index is 2940.